The van der Waals surface area contributed by atoms with E-state index < -0.39 is 27.5 Å². The van der Waals surface area contributed by atoms with Crippen molar-refractivity contribution < 1.29 is 47.6 Å². The second kappa shape index (κ2) is 29.2. The normalized spacial score (nSPS) is 4.80. The Morgan fingerprint density at radius 3 is 0.533 bits per heavy atom. The Balaban J connectivity index is -0.0000000184. The molecule has 0 spiro atoms. The zero-order valence-corrected chi connectivity index (χ0v) is 12.1. The van der Waals surface area contributed by atoms with Crippen molar-refractivity contribution in [3.8, 4) is 0 Å². The van der Waals surface area contributed by atoms with Gasteiger partial charge in [-0.2, -0.15) is 0 Å². The Hall–Kier alpha value is -0.124. The summed E-state index contributed by atoms with van der Waals surface area (Å²) in [6.45, 7) is 0. The van der Waals surface area contributed by atoms with Gasteiger partial charge in [-0.1, -0.05) is 0 Å². The maximum absolute atomic E-state index is 8.52. The molecule has 0 saturated carbocycles. The second-order valence-electron chi connectivity index (χ2n) is 0.750. The fraction of sp³-hybridized carbons (Fsp3) is 0. The smallest absolute Gasteiger partial charge is 0.672 e. The molecule has 0 aliphatic rings. The van der Waals surface area contributed by atoms with Gasteiger partial charge < -0.3 is 47.6 Å². The largest absolute Gasteiger partial charge is 3.00 e. The summed E-state index contributed by atoms with van der Waals surface area (Å²) in [6.07, 6.45) is 0. The van der Waals surface area contributed by atoms with Gasteiger partial charge in [0, 0.05) is 27.5 Å². The predicted octanol–water partition coefficient (Wildman–Crippen LogP) is -10.2. The van der Waals surface area contributed by atoms with Crippen LogP contribution in [0.5, 0.6) is 0 Å². The van der Waals surface area contributed by atoms with Gasteiger partial charge in [0.1, 0.15) is 0 Å². The van der Waals surface area contributed by atoms with Crippen LogP contribution >= 0.6 is 0 Å². The van der Waals surface area contributed by atoms with E-state index in [1.165, 1.54) is 0 Å². The summed E-state index contributed by atoms with van der Waals surface area (Å²) in [5.74, 6) is 0. The summed E-state index contributed by atoms with van der Waals surface area (Å²) in [5.41, 5.74) is 0. The number of hydrogen-bond donors (Lipinski definition) is 0. The summed E-state index contributed by atoms with van der Waals surface area (Å²) in [7, 11) is -10.9. The van der Waals surface area contributed by atoms with E-state index in [1.807, 2.05) is 0 Å². The molecule has 0 bridgehead atoms. The van der Waals surface area contributed by atoms with Gasteiger partial charge in [0.05, 0.1) is 0 Å². The third kappa shape index (κ3) is 126000. The van der Waals surface area contributed by atoms with Crippen molar-refractivity contribution in [1.29, 1.82) is 0 Å². The quantitative estimate of drug-likeness (QED) is 0.386. The van der Waals surface area contributed by atoms with E-state index in [9.17, 15) is 0 Å². The first-order chi connectivity index (χ1) is 5.20. The van der Waals surface area contributed by atoms with Crippen molar-refractivity contribution >= 4 is 62.2 Å². The topological polar surface area (TPSA) is 221 Å². The maximum Gasteiger partial charge on any atom is 3.00 e. The SMILES string of the molecule is O.O=[Si]([O-])[O-].O=[Si]([O-])[O-].O=[Si]([O-])[O-].[Al+3].[Al+3]. The van der Waals surface area contributed by atoms with Crippen LogP contribution in [0.3, 0.4) is 0 Å². The van der Waals surface area contributed by atoms with E-state index in [-0.39, 0.29) is 40.2 Å². The Bertz CT molecular complexity index is 116. The van der Waals surface area contributed by atoms with E-state index in [0.29, 0.717) is 0 Å². The van der Waals surface area contributed by atoms with Crippen molar-refractivity contribution in [2.24, 2.45) is 0 Å². The van der Waals surface area contributed by atoms with Gasteiger partial charge in [-0.25, -0.2) is 0 Å². The molecule has 0 aliphatic heterocycles. The molecule has 0 fully saturated rings. The van der Waals surface area contributed by atoms with Crippen LogP contribution in [0.15, 0.2) is 0 Å². The van der Waals surface area contributed by atoms with Crippen molar-refractivity contribution in [1.82, 2.24) is 0 Å². The van der Waals surface area contributed by atoms with Gasteiger partial charge in [-0.15, -0.1) is 0 Å². The molecule has 10 nitrogen and oxygen atoms in total. The number of hydrogen-bond acceptors (Lipinski definition) is 9. The number of rotatable bonds is 0. The Morgan fingerprint density at radius 1 is 0.533 bits per heavy atom. The summed E-state index contributed by atoms with van der Waals surface area (Å²) in [5, 5.41) is 0. The van der Waals surface area contributed by atoms with E-state index in [1.54, 1.807) is 0 Å². The third-order valence-electron chi connectivity index (χ3n) is 0. The van der Waals surface area contributed by atoms with Crippen LogP contribution in [0.4, 0.5) is 0 Å². The van der Waals surface area contributed by atoms with Gasteiger partial charge in [0.15, 0.2) is 0 Å². The van der Waals surface area contributed by atoms with Crippen LogP contribution in [-0.4, -0.2) is 67.7 Å². The molecular weight excluding hydrogens is 298 g/mol. The molecular formula is H2Al2O10Si3. The fourth-order valence-electron chi connectivity index (χ4n) is 0. The molecule has 80 valence electrons. The molecule has 0 saturated heterocycles. The average Bonchev–Trinajstić information content (AvgIpc) is 1.54. The Morgan fingerprint density at radius 2 is 0.533 bits per heavy atom. The zero-order valence-electron chi connectivity index (χ0n) is 6.83. The van der Waals surface area contributed by atoms with Gasteiger partial charge in [-0.3, -0.25) is 0 Å². The molecule has 0 aromatic carbocycles. The van der Waals surface area contributed by atoms with Crippen LogP contribution in [0.25, 0.3) is 0 Å². The molecule has 0 unspecified atom stereocenters. The van der Waals surface area contributed by atoms with E-state index in [4.69, 9.17) is 42.2 Å². The summed E-state index contributed by atoms with van der Waals surface area (Å²) in [6, 6.07) is 0. The van der Waals surface area contributed by atoms with Crippen LogP contribution < -0.4 is 28.8 Å². The van der Waals surface area contributed by atoms with Crippen LogP contribution in [0.1, 0.15) is 0 Å². The van der Waals surface area contributed by atoms with Crippen LogP contribution in [-0.2, 0) is 13.4 Å². The van der Waals surface area contributed by atoms with Crippen LogP contribution in [0.2, 0.25) is 0 Å². The minimum absolute atomic E-state index is 0. The molecule has 0 amide bonds. The Kier molecular flexibility index (Phi) is 70.8. The van der Waals surface area contributed by atoms with Crippen molar-refractivity contribution in [2.45, 2.75) is 0 Å². The van der Waals surface area contributed by atoms with E-state index in [2.05, 4.69) is 0 Å². The summed E-state index contributed by atoms with van der Waals surface area (Å²) < 4.78 is 25.6. The zero-order chi connectivity index (χ0) is 10.7. The standard InChI is InChI=1S/2Al.3O3Si.H2O/c;;3*1-4(2)3;/h;;;;;1H2/q2*+3;3*-2;. The predicted molar refractivity (Wildman–Crippen MR) is 34.4 cm³/mol. The van der Waals surface area contributed by atoms with Crippen molar-refractivity contribution in [3.63, 3.8) is 0 Å². The minimum atomic E-state index is -3.63. The first-order valence-corrected chi connectivity index (χ1v) is 5.51. The van der Waals surface area contributed by atoms with Crippen LogP contribution in [0, 0.1) is 0 Å². The first kappa shape index (κ1) is 36.4. The van der Waals surface area contributed by atoms with E-state index in [0.717, 1.165) is 0 Å². The third-order valence-corrected chi connectivity index (χ3v) is 0. The van der Waals surface area contributed by atoms with Gasteiger partial charge in [0.25, 0.3) is 0 Å². The van der Waals surface area contributed by atoms with E-state index >= 15 is 0 Å². The van der Waals surface area contributed by atoms with Gasteiger partial charge >= 0.3 is 34.7 Å². The first-order valence-electron chi connectivity index (χ1n) is 1.84. The average molecular weight is 300 g/mol. The summed E-state index contributed by atoms with van der Waals surface area (Å²) in [4.78, 5) is 51.1. The molecule has 0 radical (unpaired) electrons. The molecule has 0 aromatic rings. The molecule has 2 N–H and O–H groups in total. The molecule has 0 atom stereocenters. The molecule has 0 heterocycles. The molecule has 0 aromatic heterocycles. The monoisotopic (exact) mass is 300 g/mol. The van der Waals surface area contributed by atoms with Gasteiger partial charge in [-0.05, 0) is 0 Å². The van der Waals surface area contributed by atoms with Crippen molar-refractivity contribution in [3.05, 3.63) is 0 Å². The second-order valence-corrected chi connectivity index (χ2v) is 2.25. The molecule has 0 rings (SSSR count). The molecule has 0 aliphatic carbocycles. The molecule has 15 heteroatoms. The molecule has 15 heavy (non-hydrogen) atoms. The summed E-state index contributed by atoms with van der Waals surface area (Å²) >= 11 is 0. The van der Waals surface area contributed by atoms with Crippen molar-refractivity contribution in [2.75, 3.05) is 0 Å². The fourth-order valence-corrected chi connectivity index (χ4v) is 0. The Labute approximate surface area is 110 Å². The van der Waals surface area contributed by atoms with Gasteiger partial charge in [0.2, 0.25) is 0 Å². The maximum atomic E-state index is 8.52. The minimum Gasteiger partial charge on any atom is -0.672 e.